The molecule has 82 valence electrons. The summed E-state index contributed by atoms with van der Waals surface area (Å²) in [5.74, 6) is -1.41. The van der Waals surface area contributed by atoms with Crippen LogP contribution in [0.4, 0.5) is 0 Å². The molecule has 0 aromatic rings. The summed E-state index contributed by atoms with van der Waals surface area (Å²) in [7, 11) is 3.13. The lowest BCUT2D eigenvalue weighted by Crippen LogP contribution is -2.37. The molecule has 0 aromatic heterocycles. The summed E-state index contributed by atoms with van der Waals surface area (Å²) in [5.41, 5.74) is -0.731. The van der Waals surface area contributed by atoms with Crippen LogP contribution in [0.2, 0.25) is 0 Å². The molecule has 0 spiro atoms. The third kappa shape index (κ3) is 1.53. The molecule has 0 unspecified atom stereocenters. The number of carboxylic acids is 1. The van der Waals surface area contributed by atoms with E-state index in [1.54, 1.807) is 21.1 Å². The van der Waals surface area contributed by atoms with Crippen LogP contribution in [0.3, 0.4) is 0 Å². The molecular weight excluding hydrogens is 184 g/mol. The number of carboxylic acid groups (broad SMARTS) is 1. The second-order valence-electron chi connectivity index (χ2n) is 4.37. The lowest BCUT2D eigenvalue weighted by Gasteiger charge is -2.31. The maximum Gasteiger partial charge on any atom is 0.309 e. The number of methoxy groups -OCH3 is 2. The summed E-state index contributed by atoms with van der Waals surface area (Å²) in [6.45, 7) is 3.70. The van der Waals surface area contributed by atoms with Gasteiger partial charge in [-0.25, -0.2) is 0 Å². The second-order valence-corrected chi connectivity index (χ2v) is 4.37. The minimum absolute atomic E-state index is 0.0959. The molecule has 1 saturated carbocycles. The van der Waals surface area contributed by atoms with Gasteiger partial charge in [0.15, 0.2) is 5.79 Å². The Hall–Kier alpha value is -0.610. The first-order valence-corrected chi connectivity index (χ1v) is 4.74. The number of aliphatic carboxylic acids is 1. The van der Waals surface area contributed by atoms with Crippen molar-refractivity contribution in [2.45, 2.75) is 32.5 Å². The van der Waals surface area contributed by atoms with Crippen molar-refractivity contribution in [2.75, 3.05) is 14.2 Å². The van der Waals surface area contributed by atoms with Crippen molar-refractivity contribution in [3.05, 3.63) is 0 Å². The maximum absolute atomic E-state index is 11.1. The maximum atomic E-state index is 11.1. The molecule has 1 aliphatic rings. The van der Waals surface area contributed by atoms with Gasteiger partial charge in [0.05, 0.1) is 5.41 Å². The van der Waals surface area contributed by atoms with Crippen molar-refractivity contribution in [3.63, 3.8) is 0 Å². The van der Waals surface area contributed by atoms with Gasteiger partial charge < -0.3 is 14.6 Å². The fourth-order valence-corrected chi connectivity index (χ4v) is 2.41. The van der Waals surface area contributed by atoms with E-state index in [0.29, 0.717) is 12.8 Å². The monoisotopic (exact) mass is 202 g/mol. The van der Waals surface area contributed by atoms with E-state index < -0.39 is 17.2 Å². The fourth-order valence-electron chi connectivity index (χ4n) is 2.41. The average molecular weight is 202 g/mol. The zero-order chi connectivity index (χ0) is 11.0. The molecule has 0 aromatic carbocycles. The molecule has 14 heavy (non-hydrogen) atoms. The highest BCUT2D eigenvalue weighted by atomic mass is 16.7. The molecule has 0 bridgehead atoms. The Balaban J connectivity index is 2.92. The second kappa shape index (κ2) is 3.51. The van der Waals surface area contributed by atoms with Crippen LogP contribution in [0.15, 0.2) is 0 Å². The molecule has 0 aliphatic heterocycles. The van der Waals surface area contributed by atoms with E-state index in [2.05, 4.69) is 0 Å². The van der Waals surface area contributed by atoms with E-state index in [1.165, 1.54) is 0 Å². The lowest BCUT2D eigenvalue weighted by atomic mass is 9.88. The Morgan fingerprint density at radius 2 is 1.93 bits per heavy atom. The molecule has 0 saturated heterocycles. The Morgan fingerprint density at radius 1 is 1.43 bits per heavy atom. The van der Waals surface area contributed by atoms with Gasteiger partial charge in [-0.15, -0.1) is 0 Å². The summed E-state index contributed by atoms with van der Waals surface area (Å²) in [5, 5.41) is 9.10. The number of ether oxygens (including phenoxy) is 2. The van der Waals surface area contributed by atoms with Crippen LogP contribution in [-0.2, 0) is 14.3 Å². The number of rotatable bonds is 3. The van der Waals surface area contributed by atoms with Crippen molar-refractivity contribution in [1.82, 2.24) is 0 Å². The Kier molecular flexibility index (Phi) is 2.88. The van der Waals surface area contributed by atoms with Gasteiger partial charge in [-0.2, -0.15) is 0 Å². The van der Waals surface area contributed by atoms with E-state index >= 15 is 0 Å². The third-order valence-electron chi connectivity index (χ3n) is 3.35. The predicted octanol–water partition coefficient (Wildman–Crippen LogP) is 1.50. The zero-order valence-electron chi connectivity index (χ0n) is 9.16. The topological polar surface area (TPSA) is 55.8 Å². The highest BCUT2D eigenvalue weighted by Crippen LogP contribution is 2.49. The lowest BCUT2D eigenvalue weighted by molar-refractivity contribution is -0.227. The summed E-state index contributed by atoms with van der Waals surface area (Å²) in [6, 6.07) is 0. The number of carbonyl (C=O) groups is 1. The SMILES string of the molecule is COC1(OC)C[C@](C)(C(=O)O)C[C@H]1C. The zero-order valence-corrected chi connectivity index (χ0v) is 9.16. The van der Waals surface area contributed by atoms with Crippen LogP contribution in [0, 0.1) is 11.3 Å². The van der Waals surface area contributed by atoms with E-state index in [4.69, 9.17) is 14.6 Å². The number of hydrogen-bond donors (Lipinski definition) is 1. The van der Waals surface area contributed by atoms with E-state index in [-0.39, 0.29) is 5.92 Å². The van der Waals surface area contributed by atoms with Crippen molar-refractivity contribution < 1.29 is 19.4 Å². The van der Waals surface area contributed by atoms with Gasteiger partial charge in [-0.3, -0.25) is 4.79 Å². The van der Waals surface area contributed by atoms with Crippen LogP contribution < -0.4 is 0 Å². The number of hydrogen-bond acceptors (Lipinski definition) is 3. The quantitative estimate of drug-likeness (QED) is 0.704. The molecule has 0 radical (unpaired) electrons. The van der Waals surface area contributed by atoms with Gasteiger partial charge in [-0.1, -0.05) is 6.92 Å². The molecule has 1 rings (SSSR count). The summed E-state index contributed by atoms with van der Waals surface area (Å²) in [4.78, 5) is 11.1. The van der Waals surface area contributed by atoms with Crippen LogP contribution in [0.1, 0.15) is 26.7 Å². The first-order chi connectivity index (χ1) is 6.40. The smallest absolute Gasteiger partial charge is 0.309 e. The summed E-state index contributed by atoms with van der Waals surface area (Å²) >= 11 is 0. The molecular formula is C10H18O4. The third-order valence-corrected chi connectivity index (χ3v) is 3.35. The molecule has 0 amide bonds. The first-order valence-electron chi connectivity index (χ1n) is 4.74. The average Bonchev–Trinajstić information content (AvgIpc) is 2.40. The minimum Gasteiger partial charge on any atom is -0.481 e. The van der Waals surface area contributed by atoms with Crippen molar-refractivity contribution in [3.8, 4) is 0 Å². The van der Waals surface area contributed by atoms with Gasteiger partial charge in [0.25, 0.3) is 0 Å². The van der Waals surface area contributed by atoms with E-state index in [1.807, 2.05) is 6.92 Å². The first kappa shape index (κ1) is 11.5. The highest BCUT2D eigenvalue weighted by molar-refractivity contribution is 5.74. The van der Waals surface area contributed by atoms with Crippen molar-refractivity contribution in [1.29, 1.82) is 0 Å². The Labute approximate surface area is 84.2 Å². The fraction of sp³-hybridized carbons (Fsp3) is 0.900. The minimum atomic E-state index is -0.777. The van der Waals surface area contributed by atoms with Gasteiger partial charge in [0, 0.05) is 26.6 Å². The molecule has 4 nitrogen and oxygen atoms in total. The van der Waals surface area contributed by atoms with Crippen LogP contribution in [0.25, 0.3) is 0 Å². The molecule has 4 heteroatoms. The predicted molar refractivity (Wildman–Crippen MR) is 50.9 cm³/mol. The highest BCUT2D eigenvalue weighted by Gasteiger charge is 2.55. The summed E-state index contributed by atoms with van der Waals surface area (Å²) < 4.78 is 10.6. The standard InChI is InChI=1S/C10H18O4/c1-7-5-9(2,8(11)12)6-10(7,13-3)14-4/h7H,5-6H2,1-4H3,(H,11,12)/t7-,9-/m1/s1. The van der Waals surface area contributed by atoms with Crippen LogP contribution in [0.5, 0.6) is 0 Å². The Morgan fingerprint density at radius 3 is 2.14 bits per heavy atom. The van der Waals surface area contributed by atoms with Crippen molar-refractivity contribution in [2.24, 2.45) is 11.3 Å². The largest absolute Gasteiger partial charge is 0.481 e. The molecule has 0 heterocycles. The van der Waals surface area contributed by atoms with Gasteiger partial charge in [0.1, 0.15) is 0 Å². The molecule has 1 N–H and O–H groups in total. The summed E-state index contributed by atoms with van der Waals surface area (Å²) in [6.07, 6.45) is 0.994. The molecule has 1 aliphatic carbocycles. The molecule has 2 atom stereocenters. The molecule has 1 fully saturated rings. The van der Waals surface area contributed by atoms with Crippen molar-refractivity contribution >= 4 is 5.97 Å². The van der Waals surface area contributed by atoms with Gasteiger partial charge in [0.2, 0.25) is 0 Å². The van der Waals surface area contributed by atoms with Crippen LogP contribution >= 0.6 is 0 Å². The van der Waals surface area contributed by atoms with E-state index in [0.717, 1.165) is 0 Å². The normalized spacial score (nSPS) is 35.9. The van der Waals surface area contributed by atoms with Gasteiger partial charge >= 0.3 is 5.97 Å². The van der Waals surface area contributed by atoms with Gasteiger partial charge in [-0.05, 0) is 13.3 Å². The van der Waals surface area contributed by atoms with E-state index in [9.17, 15) is 4.79 Å². The Bertz CT molecular complexity index is 234. The van der Waals surface area contributed by atoms with Crippen LogP contribution in [-0.4, -0.2) is 31.1 Å².